The number of nitrogens with zero attached hydrogens (tertiary/aromatic N) is 1. The Bertz CT molecular complexity index is 1540. The highest BCUT2D eigenvalue weighted by atomic mass is 32.2. The van der Waals surface area contributed by atoms with E-state index in [1.54, 1.807) is 37.3 Å². The summed E-state index contributed by atoms with van der Waals surface area (Å²) in [6.45, 7) is 7.66. The number of aliphatic hydroxyl groups is 1. The summed E-state index contributed by atoms with van der Waals surface area (Å²) in [6, 6.07) is 21.1. The Morgan fingerprint density at radius 1 is 1.05 bits per heavy atom. The summed E-state index contributed by atoms with van der Waals surface area (Å²) in [5.41, 5.74) is 3.50. The molecule has 1 atom stereocenters. The number of aromatic nitrogens is 1. The molecule has 8 nitrogen and oxygen atoms in total. The van der Waals surface area contributed by atoms with Crippen LogP contribution in [0.3, 0.4) is 0 Å². The van der Waals surface area contributed by atoms with Gasteiger partial charge in [0.15, 0.2) is 0 Å². The number of fused-ring (bicyclic) bond motifs is 1. The van der Waals surface area contributed by atoms with Crippen LogP contribution in [-0.4, -0.2) is 44.3 Å². The highest BCUT2D eigenvalue weighted by molar-refractivity contribution is 7.92. The molecule has 1 heterocycles. The lowest BCUT2D eigenvalue weighted by Crippen LogP contribution is -2.37. The fraction of sp³-hybridized carbons (Fsp3) is 0.276. The number of aliphatic hydroxyl groups excluding tert-OH is 1. The molecular formula is C29H33N3O5S. The summed E-state index contributed by atoms with van der Waals surface area (Å²) in [7, 11) is -2.31. The first-order valence-corrected chi connectivity index (χ1v) is 13.8. The van der Waals surface area contributed by atoms with E-state index in [1.165, 1.54) is 11.4 Å². The van der Waals surface area contributed by atoms with Crippen molar-refractivity contribution >= 4 is 32.7 Å². The number of sulfonamides is 1. The molecule has 1 unspecified atom stereocenters. The van der Waals surface area contributed by atoms with Crippen molar-refractivity contribution in [2.75, 3.05) is 18.0 Å². The van der Waals surface area contributed by atoms with Crippen molar-refractivity contribution in [2.45, 2.75) is 44.0 Å². The number of hydrogen-bond acceptors (Lipinski definition) is 5. The number of amides is 1. The van der Waals surface area contributed by atoms with Crippen molar-refractivity contribution in [3.8, 4) is 17.0 Å². The largest absolute Gasteiger partial charge is 0.414 e. The van der Waals surface area contributed by atoms with Gasteiger partial charge in [0, 0.05) is 18.0 Å². The van der Waals surface area contributed by atoms with Gasteiger partial charge in [-0.2, -0.15) is 0 Å². The topological polar surface area (TPSA) is 112 Å². The third-order valence-electron chi connectivity index (χ3n) is 6.39. The quantitative estimate of drug-likeness (QED) is 0.292. The molecule has 9 heteroatoms. The van der Waals surface area contributed by atoms with Gasteiger partial charge in [-0.05, 0) is 53.8 Å². The van der Waals surface area contributed by atoms with Gasteiger partial charge in [0.1, 0.15) is 0 Å². The van der Waals surface area contributed by atoms with Gasteiger partial charge in [-0.15, -0.1) is 0 Å². The number of carbonyl (C=O) groups is 1. The molecule has 4 aromatic rings. The van der Waals surface area contributed by atoms with E-state index in [0.717, 1.165) is 11.1 Å². The minimum Gasteiger partial charge on any atom is -0.394 e. The summed E-state index contributed by atoms with van der Waals surface area (Å²) in [4.78, 5) is 15.8. The van der Waals surface area contributed by atoms with Crippen LogP contribution in [0.1, 0.15) is 33.3 Å². The van der Waals surface area contributed by atoms with Crippen LogP contribution in [0.15, 0.2) is 77.7 Å². The zero-order valence-corrected chi connectivity index (χ0v) is 23.0. The smallest absolute Gasteiger partial charge is 0.394 e. The van der Waals surface area contributed by atoms with Gasteiger partial charge in [-0.3, -0.25) is 4.31 Å². The number of ether oxygens (including phenoxy) is 1. The van der Waals surface area contributed by atoms with Gasteiger partial charge >= 0.3 is 6.09 Å². The summed E-state index contributed by atoms with van der Waals surface area (Å²) >= 11 is 0. The van der Waals surface area contributed by atoms with Crippen LogP contribution in [0, 0.1) is 0 Å². The van der Waals surface area contributed by atoms with E-state index in [1.807, 2.05) is 42.5 Å². The summed E-state index contributed by atoms with van der Waals surface area (Å²) in [5.74, 6) is 0.217. The average molecular weight is 536 g/mol. The number of benzene rings is 3. The van der Waals surface area contributed by atoms with Crippen LogP contribution in [-0.2, 0) is 15.4 Å². The van der Waals surface area contributed by atoms with E-state index >= 15 is 0 Å². The second-order valence-electron chi connectivity index (χ2n) is 10.3. The second-order valence-corrected chi connectivity index (χ2v) is 12.3. The monoisotopic (exact) mass is 535 g/mol. The number of carbonyl (C=O) groups excluding carboxylic acids is 1. The number of hydrogen-bond donors (Lipinski definition) is 3. The number of nitrogens with one attached hydrogen (secondary N) is 2. The maximum Gasteiger partial charge on any atom is 0.414 e. The van der Waals surface area contributed by atoms with Crippen LogP contribution < -0.4 is 14.4 Å². The average Bonchev–Trinajstić information content (AvgIpc) is 3.24. The Labute approximate surface area is 223 Å². The molecule has 0 aliphatic rings. The standard InChI is InChI=1S/C29H33N3O5S/c1-19(18-33)30-28(34)37-27-26(20-9-7-6-8-10-20)24-17-22(13-16-25(24)31-27)32(5)38(35,36)23-14-11-21(12-15-23)29(2,3)4/h6-17,19,31,33H,18H2,1-5H3,(H,30,34). The predicted octanol–water partition coefficient (Wildman–Crippen LogP) is 5.43. The highest BCUT2D eigenvalue weighted by Crippen LogP contribution is 2.39. The normalized spacial score (nSPS) is 12.8. The van der Waals surface area contributed by atoms with Crippen LogP contribution in [0.25, 0.3) is 22.0 Å². The van der Waals surface area contributed by atoms with Crippen molar-refractivity contribution in [3.63, 3.8) is 0 Å². The number of aromatic amines is 1. The number of H-pyrrole nitrogens is 1. The van der Waals surface area contributed by atoms with Crippen molar-refractivity contribution in [2.24, 2.45) is 0 Å². The van der Waals surface area contributed by atoms with Gasteiger partial charge in [0.05, 0.1) is 28.8 Å². The molecule has 0 fully saturated rings. The van der Waals surface area contributed by atoms with E-state index in [9.17, 15) is 18.3 Å². The maximum absolute atomic E-state index is 13.5. The number of rotatable bonds is 7. The SMILES string of the molecule is CC(CO)NC(=O)Oc1[nH]c2ccc(N(C)S(=O)(=O)c3ccc(C(C)(C)C)cc3)cc2c1-c1ccccc1. The molecule has 200 valence electrons. The van der Waals surface area contributed by atoms with Crippen LogP contribution in [0.5, 0.6) is 5.88 Å². The summed E-state index contributed by atoms with van der Waals surface area (Å²) in [5, 5.41) is 12.5. The van der Waals surface area contributed by atoms with Gasteiger partial charge < -0.3 is 20.1 Å². The minimum absolute atomic E-state index is 0.0891. The molecule has 0 spiro atoms. The Hall–Kier alpha value is -3.82. The van der Waals surface area contributed by atoms with Crippen molar-refractivity contribution in [1.82, 2.24) is 10.3 Å². The lowest BCUT2D eigenvalue weighted by molar-refractivity contribution is 0.184. The highest BCUT2D eigenvalue weighted by Gasteiger charge is 2.25. The van der Waals surface area contributed by atoms with E-state index in [-0.39, 0.29) is 22.8 Å². The first kappa shape index (κ1) is 27.2. The molecule has 3 aromatic carbocycles. The molecular weight excluding hydrogens is 502 g/mol. The summed E-state index contributed by atoms with van der Waals surface area (Å²) in [6.07, 6.45) is -0.714. The second kappa shape index (κ2) is 10.5. The van der Waals surface area contributed by atoms with Crippen molar-refractivity contribution in [3.05, 3.63) is 78.4 Å². The fourth-order valence-corrected chi connectivity index (χ4v) is 5.30. The molecule has 0 saturated heterocycles. The molecule has 0 radical (unpaired) electrons. The Morgan fingerprint density at radius 3 is 2.32 bits per heavy atom. The zero-order chi connectivity index (χ0) is 27.7. The van der Waals surface area contributed by atoms with Crippen LogP contribution in [0.4, 0.5) is 10.5 Å². The molecule has 0 saturated carbocycles. The zero-order valence-electron chi connectivity index (χ0n) is 22.1. The van der Waals surface area contributed by atoms with Crippen LogP contribution in [0.2, 0.25) is 0 Å². The third-order valence-corrected chi connectivity index (χ3v) is 8.19. The fourth-order valence-electron chi connectivity index (χ4n) is 4.11. The molecule has 38 heavy (non-hydrogen) atoms. The van der Waals surface area contributed by atoms with E-state index in [2.05, 4.69) is 31.1 Å². The molecule has 1 aromatic heterocycles. The lowest BCUT2D eigenvalue weighted by Gasteiger charge is -2.22. The first-order chi connectivity index (χ1) is 17.9. The molecule has 0 aliphatic carbocycles. The van der Waals surface area contributed by atoms with Crippen molar-refractivity contribution in [1.29, 1.82) is 0 Å². The van der Waals surface area contributed by atoms with E-state index in [4.69, 9.17) is 4.74 Å². The van der Waals surface area contributed by atoms with Gasteiger partial charge in [-0.25, -0.2) is 13.2 Å². The Kier molecular flexibility index (Phi) is 7.53. The van der Waals surface area contributed by atoms with Gasteiger partial charge in [-0.1, -0.05) is 63.2 Å². The van der Waals surface area contributed by atoms with Crippen LogP contribution >= 0.6 is 0 Å². The summed E-state index contributed by atoms with van der Waals surface area (Å²) < 4.78 is 33.8. The van der Waals surface area contributed by atoms with E-state index in [0.29, 0.717) is 22.2 Å². The van der Waals surface area contributed by atoms with Gasteiger partial charge in [0.25, 0.3) is 10.0 Å². The van der Waals surface area contributed by atoms with Crippen molar-refractivity contribution < 1.29 is 23.1 Å². The Balaban J connectivity index is 1.75. The van der Waals surface area contributed by atoms with E-state index < -0.39 is 22.2 Å². The predicted molar refractivity (Wildman–Crippen MR) is 150 cm³/mol. The lowest BCUT2D eigenvalue weighted by atomic mass is 9.87. The molecule has 1 amide bonds. The molecule has 3 N–H and O–H groups in total. The molecule has 0 bridgehead atoms. The Morgan fingerprint density at radius 2 is 1.71 bits per heavy atom. The first-order valence-electron chi connectivity index (χ1n) is 12.3. The van der Waals surface area contributed by atoms with Gasteiger partial charge in [0.2, 0.25) is 5.88 Å². The maximum atomic E-state index is 13.5. The minimum atomic E-state index is -3.82. The number of anilines is 1. The molecule has 4 rings (SSSR count). The molecule has 0 aliphatic heterocycles. The third kappa shape index (κ3) is 5.54.